The van der Waals surface area contributed by atoms with Crippen LogP contribution in [0.15, 0.2) is 23.3 Å². The Bertz CT molecular complexity index is 583. The van der Waals surface area contributed by atoms with Gasteiger partial charge >= 0.3 is 5.97 Å². The number of rotatable bonds is 3. The van der Waals surface area contributed by atoms with E-state index in [0.717, 1.165) is 0 Å². The second-order valence-corrected chi connectivity index (χ2v) is 4.92. The van der Waals surface area contributed by atoms with Crippen LogP contribution in [0.5, 0.6) is 0 Å². The first-order chi connectivity index (χ1) is 8.86. The van der Waals surface area contributed by atoms with Crippen molar-refractivity contribution in [2.75, 3.05) is 0 Å². The van der Waals surface area contributed by atoms with Gasteiger partial charge in [0.1, 0.15) is 11.2 Å². The first-order valence-corrected chi connectivity index (χ1v) is 5.96. The zero-order valence-corrected chi connectivity index (χ0v) is 12.0. The largest absolute Gasteiger partial charge is 0.478 e. The SMILES string of the molecule is CC(C)C1(C)N=C(c2ncccc2C(=O)O)NC1=O.[NH4+]. The van der Waals surface area contributed by atoms with Crippen molar-refractivity contribution in [2.45, 2.75) is 26.3 Å². The molecule has 2 heterocycles. The minimum atomic E-state index is -1.10. The van der Waals surface area contributed by atoms with Crippen LogP contribution < -0.4 is 11.5 Å². The molecule has 1 aromatic rings. The highest BCUT2D eigenvalue weighted by Crippen LogP contribution is 2.27. The first-order valence-electron chi connectivity index (χ1n) is 5.96. The van der Waals surface area contributed by atoms with Gasteiger partial charge in [0.2, 0.25) is 0 Å². The molecule has 7 nitrogen and oxygen atoms in total. The number of aliphatic imine (C=N–C) groups is 1. The van der Waals surface area contributed by atoms with Gasteiger partial charge in [-0.15, -0.1) is 0 Å². The lowest BCUT2D eigenvalue weighted by Crippen LogP contribution is -2.41. The highest BCUT2D eigenvalue weighted by molar-refractivity contribution is 6.17. The fourth-order valence-electron chi connectivity index (χ4n) is 1.82. The fraction of sp³-hybridized carbons (Fsp3) is 0.385. The van der Waals surface area contributed by atoms with Gasteiger partial charge in [-0.3, -0.25) is 9.78 Å². The Balaban J connectivity index is 0.00000200. The Morgan fingerprint density at radius 3 is 2.60 bits per heavy atom. The molecule has 1 atom stereocenters. The molecule has 0 radical (unpaired) electrons. The van der Waals surface area contributed by atoms with E-state index in [1.165, 1.54) is 18.3 Å². The van der Waals surface area contributed by atoms with E-state index in [4.69, 9.17) is 5.11 Å². The van der Waals surface area contributed by atoms with E-state index in [2.05, 4.69) is 15.3 Å². The van der Waals surface area contributed by atoms with E-state index in [9.17, 15) is 9.59 Å². The summed E-state index contributed by atoms with van der Waals surface area (Å²) in [5.74, 6) is -1.11. The number of nitrogens with zero attached hydrogens (tertiary/aromatic N) is 2. The van der Waals surface area contributed by atoms with Crippen molar-refractivity contribution >= 4 is 17.7 Å². The van der Waals surface area contributed by atoms with Crippen molar-refractivity contribution < 1.29 is 14.7 Å². The molecule has 0 saturated carbocycles. The van der Waals surface area contributed by atoms with Gasteiger partial charge in [0.05, 0.1) is 5.56 Å². The number of hydrogen-bond donors (Lipinski definition) is 3. The summed E-state index contributed by atoms with van der Waals surface area (Å²) in [6.45, 7) is 5.51. The molecule has 108 valence electrons. The standard InChI is InChI=1S/C13H15N3O3.H3N/c1-7(2)13(3)12(19)15-10(16-13)9-8(11(17)18)5-4-6-14-9;/h4-7H,1-3H3,(H,17,18)(H,15,16,19);1H3/p+1. The topological polar surface area (TPSA) is 128 Å². The summed E-state index contributed by atoms with van der Waals surface area (Å²) in [5, 5.41) is 11.7. The van der Waals surface area contributed by atoms with Crippen LogP contribution in [0, 0.1) is 5.92 Å². The van der Waals surface area contributed by atoms with E-state index < -0.39 is 11.5 Å². The van der Waals surface area contributed by atoms with E-state index in [1.807, 2.05) is 13.8 Å². The van der Waals surface area contributed by atoms with Gasteiger partial charge in [0, 0.05) is 6.20 Å². The van der Waals surface area contributed by atoms with Gasteiger partial charge < -0.3 is 16.6 Å². The van der Waals surface area contributed by atoms with Crippen LogP contribution in [0.2, 0.25) is 0 Å². The molecule has 20 heavy (non-hydrogen) atoms. The van der Waals surface area contributed by atoms with Crippen LogP contribution in [0.1, 0.15) is 36.8 Å². The maximum Gasteiger partial charge on any atom is 0.338 e. The van der Waals surface area contributed by atoms with Crippen molar-refractivity contribution in [3.8, 4) is 0 Å². The molecule has 6 N–H and O–H groups in total. The smallest absolute Gasteiger partial charge is 0.338 e. The van der Waals surface area contributed by atoms with Crippen molar-refractivity contribution in [3.63, 3.8) is 0 Å². The van der Waals surface area contributed by atoms with Crippen LogP contribution in [0.4, 0.5) is 0 Å². The molecule has 0 aliphatic carbocycles. The highest BCUT2D eigenvalue weighted by Gasteiger charge is 2.42. The number of hydrogen-bond acceptors (Lipinski definition) is 4. The first kappa shape index (κ1) is 15.8. The molecule has 0 saturated heterocycles. The lowest BCUT2D eigenvalue weighted by molar-refractivity contribution is -0.124. The summed E-state index contributed by atoms with van der Waals surface area (Å²) in [5.41, 5.74) is -0.676. The molecular formula is C13H19N4O3+. The summed E-state index contributed by atoms with van der Waals surface area (Å²) >= 11 is 0. The van der Waals surface area contributed by atoms with E-state index in [0.29, 0.717) is 0 Å². The van der Waals surface area contributed by atoms with Crippen LogP contribution in [-0.2, 0) is 4.79 Å². The number of amides is 1. The summed E-state index contributed by atoms with van der Waals surface area (Å²) in [6, 6.07) is 2.97. The monoisotopic (exact) mass is 279 g/mol. The molecule has 2 rings (SSSR count). The molecule has 7 heteroatoms. The molecule has 1 aliphatic rings. The lowest BCUT2D eigenvalue weighted by atomic mass is 9.89. The zero-order chi connectivity index (χ0) is 14.2. The maximum absolute atomic E-state index is 12.0. The number of carboxylic acid groups (broad SMARTS) is 1. The second-order valence-electron chi connectivity index (χ2n) is 4.92. The lowest BCUT2D eigenvalue weighted by Gasteiger charge is -2.21. The van der Waals surface area contributed by atoms with Crippen molar-refractivity contribution in [1.29, 1.82) is 0 Å². The van der Waals surface area contributed by atoms with Gasteiger partial charge in [-0.2, -0.15) is 0 Å². The third kappa shape index (κ3) is 2.39. The van der Waals surface area contributed by atoms with Crippen molar-refractivity contribution in [3.05, 3.63) is 29.6 Å². The summed E-state index contributed by atoms with van der Waals surface area (Å²) in [4.78, 5) is 31.5. The number of amidine groups is 1. The molecule has 0 spiro atoms. The van der Waals surface area contributed by atoms with Gasteiger partial charge in [-0.25, -0.2) is 9.79 Å². The van der Waals surface area contributed by atoms with E-state index >= 15 is 0 Å². The number of aromatic carboxylic acids is 1. The number of carbonyl (C=O) groups is 2. The zero-order valence-electron chi connectivity index (χ0n) is 12.0. The van der Waals surface area contributed by atoms with Crippen LogP contribution in [0.3, 0.4) is 0 Å². The number of nitrogens with one attached hydrogen (secondary N) is 1. The Morgan fingerprint density at radius 1 is 1.45 bits per heavy atom. The molecule has 0 bridgehead atoms. The second kappa shape index (κ2) is 5.38. The van der Waals surface area contributed by atoms with Crippen LogP contribution >= 0.6 is 0 Å². The van der Waals surface area contributed by atoms with E-state index in [1.54, 1.807) is 6.92 Å². The average molecular weight is 279 g/mol. The molecule has 1 aromatic heterocycles. The number of aromatic nitrogens is 1. The molecular weight excluding hydrogens is 260 g/mol. The predicted molar refractivity (Wildman–Crippen MR) is 75.1 cm³/mol. The average Bonchev–Trinajstić information content (AvgIpc) is 2.67. The highest BCUT2D eigenvalue weighted by atomic mass is 16.4. The predicted octanol–water partition coefficient (Wildman–Crippen LogP) is 1.45. The van der Waals surface area contributed by atoms with E-state index in [-0.39, 0.29) is 35.1 Å². The van der Waals surface area contributed by atoms with Gasteiger partial charge in [-0.05, 0) is 25.0 Å². The van der Waals surface area contributed by atoms with Crippen molar-refractivity contribution in [2.24, 2.45) is 10.9 Å². The Morgan fingerprint density at radius 2 is 2.10 bits per heavy atom. The molecule has 1 unspecified atom stereocenters. The van der Waals surface area contributed by atoms with Crippen molar-refractivity contribution in [1.82, 2.24) is 16.5 Å². The summed E-state index contributed by atoms with van der Waals surface area (Å²) in [7, 11) is 0. The Labute approximate surface area is 116 Å². The number of carboxylic acids is 1. The third-order valence-electron chi connectivity index (χ3n) is 3.42. The third-order valence-corrected chi connectivity index (χ3v) is 3.42. The molecule has 0 fully saturated rings. The molecule has 0 aromatic carbocycles. The molecule has 1 amide bonds. The number of quaternary nitrogens is 1. The number of pyridine rings is 1. The summed E-state index contributed by atoms with van der Waals surface area (Å²) < 4.78 is 0. The Kier molecular flexibility index (Phi) is 4.24. The normalized spacial score (nSPS) is 21.2. The quantitative estimate of drug-likeness (QED) is 0.773. The van der Waals surface area contributed by atoms with Crippen LogP contribution in [-0.4, -0.2) is 33.3 Å². The van der Waals surface area contributed by atoms with Gasteiger partial charge in [0.25, 0.3) is 5.91 Å². The molecule has 1 aliphatic heterocycles. The minimum absolute atomic E-state index is 0. The van der Waals surface area contributed by atoms with Crippen LogP contribution in [0.25, 0.3) is 0 Å². The minimum Gasteiger partial charge on any atom is -0.478 e. The number of carbonyl (C=O) groups excluding carboxylic acids is 1. The summed E-state index contributed by atoms with van der Waals surface area (Å²) in [6.07, 6.45) is 1.47. The Hall–Kier alpha value is -2.28. The van der Waals surface area contributed by atoms with Gasteiger partial charge in [0.15, 0.2) is 5.84 Å². The maximum atomic E-state index is 12.0. The van der Waals surface area contributed by atoms with Gasteiger partial charge in [-0.1, -0.05) is 13.8 Å². The fourth-order valence-corrected chi connectivity index (χ4v) is 1.82.